The van der Waals surface area contributed by atoms with Crippen molar-refractivity contribution in [1.82, 2.24) is 4.98 Å². The summed E-state index contributed by atoms with van der Waals surface area (Å²) in [4.78, 5) is 4.52. The van der Waals surface area contributed by atoms with Gasteiger partial charge in [-0.05, 0) is 61.4 Å². The maximum absolute atomic E-state index is 4.52. The molecule has 0 bridgehead atoms. The first kappa shape index (κ1) is 10.5. The summed E-state index contributed by atoms with van der Waals surface area (Å²) in [6.07, 6.45) is 7.00. The molecule has 1 heterocycles. The van der Waals surface area contributed by atoms with Crippen LogP contribution in [0.3, 0.4) is 0 Å². The minimum Gasteiger partial charge on any atom is -0.256 e. The van der Waals surface area contributed by atoms with Crippen LogP contribution in [-0.4, -0.2) is 4.98 Å². The van der Waals surface area contributed by atoms with Crippen molar-refractivity contribution in [1.29, 1.82) is 0 Å². The van der Waals surface area contributed by atoms with Crippen molar-refractivity contribution in [2.24, 2.45) is 0 Å². The highest BCUT2D eigenvalue weighted by Gasteiger charge is 2.14. The predicted octanol–water partition coefficient (Wildman–Crippen LogP) is 3.94. The number of hydrogen-bond acceptors (Lipinski definition) is 1. The summed E-state index contributed by atoms with van der Waals surface area (Å²) in [5, 5.41) is 0. The van der Waals surface area contributed by atoms with Crippen LogP contribution in [0.1, 0.15) is 29.5 Å². The summed E-state index contributed by atoms with van der Waals surface area (Å²) in [6, 6.07) is 10.9. The molecule has 86 valence electrons. The minimum atomic E-state index is 1.13. The Balaban J connectivity index is 2.14. The third-order valence-corrected chi connectivity index (χ3v) is 3.59. The molecule has 1 aromatic carbocycles. The van der Waals surface area contributed by atoms with Gasteiger partial charge < -0.3 is 0 Å². The van der Waals surface area contributed by atoms with E-state index in [0.29, 0.717) is 0 Å². The quantitative estimate of drug-likeness (QED) is 0.713. The van der Waals surface area contributed by atoms with Crippen LogP contribution in [0.4, 0.5) is 0 Å². The topological polar surface area (TPSA) is 12.9 Å². The monoisotopic (exact) mass is 223 g/mol. The lowest BCUT2D eigenvalue weighted by Crippen LogP contribution is -2.04. The zero-order chi connectivity index (χ0) is 11.7. The Morgan fingerprint density at radius 1 is 1.06 bits per heavy atom. The second-order valence-corrected chi connectivity index (χ2v) is 4.87. The first-order valence-electron chi connectivity index (χ1n) is 6.38. The summed E-state index contributed by atoms with van der Waals surface area (Å²) in [7, 11) is 0. The minimum absolute atomic E-state index is 1.13. The average Bonchev–Trinajstić information content (AvgIpc) is 2.38. The molecular weight excluding hydrogens is 206 g/mol. The van der Waals surface area contributed by atoms with Gasteiger partial charge >= 0.3 is 0 Å². The first-order valence-corrected chi connectivity index (χ1v) is 6.38. The van der Waals surface area contributed by atoms with Crippen LogP contribution in [-0.2, 0) is 12.8 Å². The van der Waals surface area contributed by atoms with Gasteiger partial charge in [-0.25, -0.2) is 0 Å². The molecule has 2 aromatic rings. The summed E-state index contributed by atoms with van der Waals surface area (Å²) < 4.78 is 0. The standard InChI is InChI=1S/C16H17N/c1-12-9-10-17-16(11-12)15-8-4-6-13-5-2-3-7-14(13)15/h4,6,8-11H,2-3,5,7H2,1H3. The van der Waals surface area contributed by atoms with Gasteiger partial charge in [0.25, 0.3) is 0 Å². The van der Waals surface area contributed by atoms with Crippen LogP contribution in [0, 0.1) is 6.92 Å². The SMILES string of the molecule is Cc1ccnc(-c2cccc3c2CCCC3)c1. The van der Waals surface area contributed by atoms with Crippen molar-refractivity contribution in [2.75, 3.05) is 0 Å². The average molecular weight is 223 g/mol. The normalized spacial score (nSPS) is 14.4. The molecule has 1 aliphatic rings. The number of aryl methyl sites for hydroxylation is 2. The van der Waals surface area contributed by atoms with Crippen LogP contribution < -0.4 is 0 Å². The Bertz CT molecular complexity index is 543. The highest BCUT2D eigenvalue weighted by molar-refractivity contribution is 5.66. The largest absolute Gasteiger partial charge is 0.256 e. The van der Waals surface area contributed by atoms with E-state index in [-0.39, 0.29) is 0 Å². The zero-order valence-corrected chi connectivity index (χ0v) is 10.2. The van der Waals surface area contributed by atoms with Crippen molar-refractivity contribution in [3.8, 4) is 11.3 Å². The number of pyridine rings is 1. The predicted molar refractivity (Wildman–Crippen MR) is 71.1 cm³/mol. The second kappa shape index (κ2) is 4.33. The fourth-order valence-electron chi connectivity index (χ4n) is 2.70. The van der Waals surface area contributed by atoms with Crippen LogP contribution >= 0.6 is 0 Å². The van der Waals surface area contributed by atoms with Gasteiger partial charge in [0.05, 0.1) is 5.69 Å². The molecule has 0 N–H and O–H groups in total. The van der Waals surface area contributed by atoms with E-state index in [0.717, 1.165) is 5.69 Å². The third-order valence-electron chi connectivity index (χ3n) is 3.59. The number of aromatic nitrogens is 1. The van der Waals surface area contributed by atoms with E-state index >= 15 is 0 Å². The molecular formula is C16H17N. The van der Waals surface area contributed by atoms with Gasteiger partial charge in [0, 0.05) is 11.8 Å². The highest BCUT2D eigenvalue weighted by atomic mass is 14.7. The molecule has 0 radical (unpaired) electrons. The van der Waals surface area contributed by atoms with E-state index in [1.54, 1.807) is 0 Å². The lowest BCUT2D eigenvalue weighted by Gasteiger charge is -2.19. The van der Waals surface area contributed by atoms with Crippen molar-refractivity contribution in [3.63, 3.8) is 0 Å². The second-order valence-electron chi connectivity index (χ2n) is 4.87. The smallest absolute Gasteiger partial charge is 0.0707 e. The van der Waals surface area contributed by atoms with Gasteiger partial charge in [0.1, 0.15) is 0 Å². The molecule has 0 fully saturated rings. The fraction of sp³-hybridized carbons (Fsp3) is 0.312. The van der Waals surface area contributed by atoms with Gasteiger partial charge in [0.15, 0.2) is 0 Å². The maximum atomic E-state index is 4.52. The molecule has 1 aromatic heterocycles. The van der Waals surface area contributed by atoms with Crippen LogP contribution in [0.2, 0.25) is 0 Å². The van der Waals surface area contributed by atoms with Gasteiger partial charge in [-0.3, -0.25) is 4.98 Å². The number of fused-ring (bicyclic) bond motifs is 1. The van der Waals surface area contributed by atoms with Gasteiger partial charge in [-0.2, -0.15) is 0 Å². The van der Waals surface area contributed by atoms with Crippen LogP contribution in [0.15, 0.2) is 36.5 Å². The zero-order valence-electron chi connectivity index (χ0n) is 10.2. The molecule has 0 unspecified atom stereocenters. The Kier molecular flexibility index (Phi) is 2.68. The summed E-state index contributed by atoms with van der Waals surface area (Å²) >= 11 is 0. The number of nitrogens with zero attached hydrogens (tertiary/aromatic N) is 1. The fourth-order valence-corrected chi connectivity index (χ4v) is 2.70. The molecule has 0 saturated heterocycles. The van der Waals surface area contributed by atoms with E-state index in [1.807, 2.05) is 6.20 Å². The molecule has 1 nitrogen and oxygen atoms in total. The molecule has 0 atom stereocenters. The molecule has 17 heavy (non-hydrogen) atoms. The van der Waals surface area contributed by atoms with Crippen molar-refractivity contribution < 1.29 is 0 Å². The maximum Gasteiger partial charge on any atom is 0.0707 e. The van der Waals surface area contributed by atoms with Crippen molar-refractivity contribution in [3.05, 3.63) is 53.2 Å². The van der Waals surface area contributed by atoms with Gasteiger partial charge in [-0.15, -0.1) is 0 Å². The number of benzene rings is 1. The van der Waals surface area contributed by atoms with E-state index in [2.05, 4.69) is 42.2 Å². The van der Waals surface area contributed by atoms with Gasteiger partial charge in [-0.1, -0.05) is 18.2 Å². The van der Waals surface area contributed by atoms with Gasteiger partial charge in [0.2, 0.25) is 0 Å². The highest BCUT2D eigenvalue weighted by Crippen LogP contribution is 2.30. The van der Waals surface area contributed by atoms with E-state index in [4.69, 9.17) is 0 Å². The molecule has 3 rings (SSSR count). The van der Waals surface area contributed by atoms with E-state index < -0.39 is 0 Å². The molecule has 1 heteroatoms. The molecule has 0 amide bonds. The summed E-state index contributed by atoms with van der Waals surface area (Å²) in [6.45, 7) is 2.13. The molecule has 0 spiro atoms. The number of hydrogen-bond donors (Lipinski definition) is 0. The van der Waals surface area contributed by atoms with E-state index in [9.17, 15) is 0 Å². The Morgan fingerprint density at radius 3 is 2.82 bits per heavy atom. The lowest BCUT2D eigenvalue weighted by atomic mass is 9.87. The summed E-state index contributed by atoms with van der Waals surface area (Å²) in [5.74, 6) is 0. The van der Waals surface area contributed by atoms with Crippen molar-refractivity contribution in [2.45, 2.75) is 32.6 Å². The van der Waals surface area contributed by atoms with Crippen molar-refractivity contribution >= 4 is 0 Å². The number of rotatable bonds is 1. The van der Waals surface area contributed by atoms with Crippen LogP contribution in [0.25, 0.3) is 11.3 Å². The Hall–Kier alpha value is -1.63. The lowest BCUT2D eigenvalue weighted by molar-refractivity contribution is 0.686. The molecule has 0 saturated carbocycles. The molecule has 0 aliphatic heterocycles. The van der Waals surface area contributed by atoms with Crippen LogP contribution in [0.5, 0.6) is 0 Å². The summed E-state index contributed by atoms with van der Waals surface area (Å²) in [5.41, 5.74) is 6.80. The third kappa shape index (κ3) is 1.97. The Morgan fingerprint density at radius 2 is 1.94 bits per heavy atom. The first-order chi connectivity index (χ1) is 8.34. The molecule has 1 aliphatic carbocycles. The van der Waals surface area contributed by atoms with E-state index in [1.165, 1.54) is 47.9 Å². The Labute approximate surface area is 103 Å².